The number of hydrogen-bond acceptors (Lipinski definition) is 4. The normalized spacial score (nSPS) is 23.0. The number of halogens is 1. The second-order valence-corrected chi connectivity index (χ2v) is 7.23. The van der Waals surface area contributed by atoms with Gasteiger partial charge in [0.2, 0.25) is 0 Å². The summed E-state index contributed by atoms with van der Waals surface area (Å²) >= 11 is 6.01. The first kappa shape index (κ1) is 14.8. The molecule has 0 aliphatic heterocycles. The van der Waals surface area contributed by atoms with Crippen LogP contribution in [0.15, 0.2) is 29.4 Å². The molecule has 0 spiro atoms. The Morgan fingerprint density at radius 1 is 1.43 bits per heavy atom. The van der Waals surface area contributed by atoms with Gasteiger partial charge in [-0.05, 0) is 30.9 Å². The minimum Gasteiger partial charge on any atom is -0.396 e. The Morgan fingerprint density at radius 3 is 3.00 bits per heavy atom. The Hall–Kier alpha value is -1.15. The fraction of sp³-hybridized carbons (Fsp3) is 0.462. The van der Waals surface area contributed by atoms with Crippen LogP contribution in [0.1, 0.15) is 19.3 Å². The number of sulfonamides is 1. The molecule has 1 aliphatic carbocycles. The highest BCUT2D eigenvalue weighted by molar-refractivity contribution is 7.89. The Morgan fingerprint density at radius 2 is 2.24 bits per heavy atom. The third kappa shape index (κ3) is 2.66. The lowest BCUT2D eigenvalue weighted by molar-refractivity contribution is 0.213. The van der Waals surface area contributed by atoms with E-state index < -0.39 is 10.0 Å². The standard InChI is InChI=1S/C13H16ClN3O3S/c14-12-13(17-7-2-1-6-11(17)15-12)21(19,20)16-10-5-3-4-9(10)8-18/h1-2,6-7,9-10,16,18H,3-5,8H2. The summed E-state index contributed by atoms with van der Waals surface area (Å²) in [5.41, 5.74) is 0.480. The van der Waals surface area contributed by atoms with E-state index in [-0.39, 0.29) is 28.7 Å². The van der Waals surface area contributed by atoms with Gasteiger partial charge in [0.25, 0.3) is 10.0 Å². The molecule has 0 amide bonds. The molecule has 8 heteroatoms. The van der Waals surface area contributed by atoms with E-state index in [1.807, 2.05) is 0 Å². The zero-order valence-corrected chi connectivity index (χ0v) is 12.8. The monoisotopic (exact) mass is 329 g/mol. The maximum absolute atomic E-state index is 12.6. The molecule has 114 valence electrons. The number of aliphatic hydroxyl groups is 1. The minimum atomic E-state index is -3.79. The number of nitrogens with one attached hydrogen (secondary N) is 1. The van der Waals surface area contributed by atoms with Crippen LogP contribution in [0.25, 0.3) is 5.65 Å². The van der Waals surface area contributed by atoms with Crippen molar-refractivity contribution in [1.29, 1.82) is 0 Å². The molecule has 0 bridgehead atoms. The lowest BCUT2D eigenvalue weighted by Gasteiger charge is -2.18. The largest absolute Gasteiger partial charge is 0.396 e. The minimum absolute atomic E-state index is 0.0198. The van der Waals surface area contributed by atoms with Gasteiger partial charge in [-0.1, -0.05) is 24.1 Å². The number of aromatic nitrogens is 2. The van der Waals surface area contributed by atoms with Crippen LogP contribution in [-0.4, -0.2) is 35.6 Å². The Balaban J connectivity index is 1.99. The second kappa shape index (κ2) is 5.57. The summed E-state index contributed by atoms with van der Waals surface area (Å²) in [6, 6.07) is 4.92. The number of aliphatic hydroxyl groups excluding tert-OH is 1. The first-order valence-corrected chi connectivity index (χ1v) is 8.65. The van der Waals surface area contributed by atoms with Gasteiger partial charge in [0.05, 0.1) is 0 Å². The fourth-order valence-electron chi connectivity index (χ4n) is 2.85. The SMILES string of the molecule is O=S(=O)(NC1CCCC1CO)c1c(Cl)nc2ccccn12. The number of fused-ring (bicyclic) bond motifs is 1. The lowest BCUT2D eigenvalue weighted by atomic mass is 10.1. The third-order valence-electron chi connectivity index (χ3n) is 3.90. The highest BCUT2D eigenvalue weighted by Crippen LogP contribution is 2.28. The molecule has 3 rings (SSSR count). The Kier molecular flexibility index (Phi) is 3.92. The molecule has 2 atom stereocenters. The van der Waals surface area contributed by atoms with E-state index in [2.05, 4.69) is 9.71 Å². The topological polar surface area (TPSA) is 83.7 Å². The molecule has 1 saturated carbocycles. The van der Waals surface area contributed by atoms with Gasteiger partial charge < -0.3 is 5.11 Å². The smallest absolute Gasteiger partial charge is 0.260 e. The van der Waals surface area contributed by atoms with E-state index in [1.54, 1.807) is 24.4 Å². The van der Waals surface area contributed by atoms with Crippen LogP contribution >= 0.6 is 11.6 Å². The van der Waals surface area contributed by atoms with E-state index in [0.717, 1.165) is 19.3 Å². The van der Waals surface area contributed by atoms with Gasteiger partial charge in [0.1, 0.15) is 5.65 Å². The van der Waals surface area contributed by atoms with Gasteiger partial charge >= 0.3 is 0 Å². The summed E-state index contributed by atoms with van der Waals surface area (Å²) in [5.74, 6) is -0.0438. The van der Waals surface area contributed by atoms with Gasteiger partial charge in [-0.2, -0.15) is 0 Å². The van der Waals surface area contributed by atoms with E-state index in [0.29, 0.717) is 5.65 Å². The average Bonchev–Trinajstić information content (AvgIpc) is 3.00. The molecule has 2 N–H and O–H groups in total. The van der Waals surface area contributed by atoms with Gasteiger partial charge in [0.15, 0.2) is 10.2 Å². The molecule has 1 aliphatic rings. The Labute approximate surface area is 127 Å². The lowest BCUT2D eigenvalue weighted by Crippen LogP contribution is -2.39. The molecule has 2 aromatic rings. The van der Waals surface area contributed by atoms with Gasteiger partial charge in [0, 0.05) is 18.8 Å². The Bertz CT molecular complexity index is 759. The van der Waals surface area contributed by atoms with Crippen molar-refractivity contribution in [1.82, 2.24) is 14.1 Å². The molecule has 21 heavy (non-hydrogen) atoms. The highest BCUT2D eigenvalue weighted by Gasteiger charge is 2.33. The third-order valence-corrected chi connectivity index (χ3v) is 5.79. The van der Waals surface area contributed by atoms with Gasteiger partial charge in [-0.15, -0.1) is 0 Å². The summed E-state index contributed by atoms with van der Waals surface area (Å²) in [6.45, 7) is -0.0198. The summed E-state index contributed by atoms with van der Waals surface area (Å²) in [4.78, 5) is 4.05. The number of hydrogen-bond donors (Lipinski definition) is 2. The van der Waals surface area contributed by atoms with Crippen LogP contribution in [0, 0.1) is 5.92 Å². The molecule has 0 saturated heterocycles. The van der Waals surface area contributed by atoms with Crippen molar-refractivity contribution in [2.75, 3.05) is 6.61 Å². The van der Waals surface area contributed by atoms with E-state index in [9.17, 15) is 13.5 Å². The van der Waals surface area contributed by atoms with E-state index >= 15 is 0 Å². The maximum atomic E-state index is 12.6. The zero-order valence-electron chi connectivity index (χ0n) is 11.2. The quantitative estimate of drug-likeness (QED) is 0.888. The van der Waals surface area contributed by atoms with Crippen LogP contribution in [-0.2, 0) is 10.0 Å². The van der Waals surface area contributed by atoms with Crippen molar-refractivity contribution in [3.8, 4) is 0 Å². The average molecular weight is 330 g/mol. The first-order valence-electron chi connectivity index (χ1n) is 6.78. The van der Waals surface area contributed by atoms with Crippen molar-refractivity contribution in [2.24, 2.45) is 5.92 Å². The van der Waals surface area contributed by atoms with Crippen molar-refractivity contribution in [3.05, 3.63) is 29.5 Å². The van der Waals surface area contributed by atoms with Crippen molar-refractivity contribution in [2.45, 2.75) is 30.3 Å². The number of nitrogens with zero attached hydrogens (tertiary/aromatic N) is 2. The van der Waals surface area contributed by atoms with E-state index in [1.165, 1.54) is 4.40 Å². The number of pyridine rings is 1. The molecule has 2 heterocycles. The second-order valence-electron chi connectivity index (χ2n) is 5.24. The maximum Gasteiger partial charge on any atom is 0.260 e. The summed E-state index contributed by atoms with van der Waals surface area (Å²) in [6.07, 6.45) is 4.06. The molecule has 0 radical (unpaired) electrons. The number of imidazole rings is 1. The van der Waals surface area contributed by atoms with Gasteiger partial charge in [-0.25, -0.2) is 18.1 Å². The fourth-order valence-corrected chi connectivity index (χ4v) is 4.83. The van der Waals surface area contributed by atoms with Crippen molar-refractivity contribution in [3.63, 3.8) is 0 Å². The van der Waals surface area contributed by atoms with Crippen LogP contribution in [0.2, 0.25) is 5.15 Å². The zero-order chi connectivity index (χ0) is 15.0. The van der Waals surface area contributed by atoms with E-state index in [4.69, 9.17) is 11.6 Å². The molecular weight excluding hydrogens is 314 g/mol. The first-order chi connectivity index (χ1) is 10.0. The molecule has 0 aromatic carbocycles. The summed E-state index contributed by atoms with van der Waals surface area (Å²) in [7, 11) is -3.79. The van der Waals surface area contributed by atoms with Gasteiger partial charge in [-0.3, -0.25) is 4.40 Å². The summed E-state index contributed by atoms with van der Waals surface area (Å²) < 4.78 is 29.3. The van der Waals surface area contributed by atoms with Crippen LogP contribution in [0.3, 0.4) is 0 Å². The van der Waals surface area contributed by atoms with Crippen molar-refractivity contribution >= 4 is 27.3 Å². The van der Waals surface area contributed by atoms with Crippen LogP contribution in [0.5, 0.6) is 0 Å². The molecule has 2 aromatic heterocycles. The predicted molar refractivity (Wildman–Crippen MR) is 78.7 cm³/mol. The van der Waals surface area contributed by atoms with Crippen LogP contribution in [0.4, 0.5) is 0 Å². The highest BCUT2D eigenvalue weighted by atomic mass is 35.5. The molecule has 2 unspecified atom stereocenters. The van der Waals surface area contributed by atoms with Crippen LogP contribution < -0.4 is 4.72 Å². The molecular formula is C13H16ClN3O3S. The number of rotatable bonds is 4. The molecule has 1 fully saturated rings. The van der Waals surface area contributed by atoms with Crippen molar-refractivity contribution < 1.29 is 13.5 Å². The summed E-state index contributed by atoms with van der Waals surface area (Å²) in [5, 5.41) is 9.21. The predicted octanol–water partition coefficient (Wildman–Crippen LogP) is 1.43. The molecule has 6 nitrogen and oxygen atoms in total.